The van der Waals surface area contributed by atoms with Crippen LogP contribution in [0.3, 0.4) is 0 Å². The van der Waals surface area contributed by atoms with Crippen molar-refractivity contribution in [2.75, 3.05) is 6.54 Å². The lowest BCUT2D eigenvalue weighted by molar-refractivity contribution is -0.141. The van der Waals surface area contributed by atoms with Gasteiger partial charge in [0.15, 0.2) is 0 Å². The highest BCUT2D eigenvalue weighted by Gasteiger charge is 2.43. The number of β-amino-alcohol motifs (C(OH)–C–C–N with tert-alkyl or cyclic N) is 1. The van der Waals surface area contributed by atoms with E-state index in [1.165, 1.54) is 11.8 Å². The molecule has 1 aromatic carbocycles. The van der Waals surface area contributed by atoms with Crippen LogP contribution in [-0.2, 0) is 14.4 Å². The van der Waals surface area contributed by atoms with Crippen molar-refractivity contribution >= 4 is 28.9 Å². The predicted octanol–water partition coefficient (Wildman–Crippen LogP) is 3.95. The van der Waals surface area contributed by atoms with Crippen LogP contribution in [0.25, 0.3) is 10.4 Å². The minimum Gasteiger partial charge on any atom is -0.391 e. The summed E-state index contributed by atoms with van der Waals surface area (Å²) < 4.78 is 5.40. The number of hydrogen-bond donors (Lipinski definition) is 2. The van der Waals surface area contributed by atoms with Gasteiger partial charge in [-0.25, -0.2) is 4.98 Å². The van der Waals surface area contributed by atoms with E-state index in [9.17, 15) is 19.5 Å². The SMILES string of the molecule is CC(=O)C[C@H](NC(=O)[C@@H]1C[C@@H](O)CN1C(=O)[C@@H](c1cc(C)no1)C(C)C)c1ccc(-c2scnc2C)cc1. The standard InChI is InChI=1S/C28H34N4O5S/c1-15(2)25(24-10-16(3)31-37-24)28(36)32-13-21(34)12-23(32)27(35)30-22(11-17(4)33)19-6-8-20(9-7-19)26-18(5)29-14-38-26/h6-10,14-15,21-23,25,34H,11-13H2,1-5H3,(H,30,35)/t21-,22+,23+,25-/m1/s1. The number of thiazole rings is 1. The molecule has 0 bridgehead atoms. The molecule has 0 saturated carbocycles. The highest BCUT2D eigenvalue weighted by atomic mass is 32.1. The van der Waals surface area contributed by atoms with E-state index in [0.717, 1.165) is 21.7 Å². The van der Waals surface area contributed by atoms with Gasteiger partial charge in [-0.15, -0.1) is 11.3 Å². The Balaban J connectivity index is 1.55. The Morgan fingerprint density at radius 2 is 1.92 bits per heavy atom. The molecule has 2 amide bonds. The molecule has 0 aliphatic carbocycles. The van der Waals surface area contributed by atoms with Gasteiger partial charge in [0, 0.05) is 25.5 Å². The van der Waals surface area contributed by atoms with Crippen molar-refractivity contribution in [3.8, 4) is 10.4 Å². The van der Waals surface area contributed by atoms with Gasteiger partial charge in [-0.05, 0) is 37.8 Å². The molecule has 1 aliphatic heterocycles. The third kappa shape index (κ3) is 6.02. The van der Waals surface area contributed by atoms with Crippen LogP contribution in [0.15, 0.2) is 40.4 Å². The van der Waals surface area contributed by atoms with E-state index in [4.69, 9.17) is 4.52 Å². The summed E-state index contributed by atoms with van der Waals surface area (Å²) in [6, 6.07) is 8.00. The second kappa shape index (κ2) is 11.6. The second-order valence-electron chi connectivity index (χ2n) is 10.3. The number of carbonyl (C=O) groups excluding carboxylic acids is 3. The zero-order valence-corrected chi connectivity index (χ0v) is 23.1. The van der Waals surface area contributed by atoms with Gasteiger partial charge in [0.05, 0.1) is 33.9 Å². The third-order valence-corrected chi connectivity index (χ3v) is 7.86. The number of Topliss-reactive ketones (excluding diaryl/α,β-unsaturated/α-hetero) is 1. The number of aryl methyl sites for hydroxylation is 2. The summed E-state index contributed by atoms with van der Waals surface area (Å²) in [4.78, 5) is 46.1. The van der Waals surface area contributed by atoms with Crippen LogP contribution in [0.5, 0.6) is 0 Å². The van der Waals surface area contributed by atoms with Gasteiger partial charge >= 0.3 is 0 Å². The lowest BCUT2D eigenvalue weighted by Crippen LogP contribution is -2.49. The van der Waals surface area contributed by atoms with E-state index < -0.39 is 30.0 Å². The minimum absolute atomic E-state index is 0.0491. The molecule has 0 unspecified atom stereocenters. The summed E-state index contributed by atoms with van der Waals surface area (Å²) in [5.74, 6) is -1.07. The first kappa shape index (κ1) is 27.7. The van der Waals surface area contributed by atoms with Gasteiger partial charge in [-0.3, -0.25) is 14.4 Å². The number of hydrogen-bond acceptors (Lipinski definition) is 8. The molecule has 0 spiro atoms. The second-order valence-corrected chi connectivity index (χ2v) is 11.2. The third-order valence-electron chi connectivity index (χ3n) is 6.88. The van der Waals surface area contributed by atoms with Crippen LogP contribution in [0.2, 0.25) is 0 Å². The Morgan fingerprint density at radius 1 is 1.21 bits per heavy atom. The van der Waals surface area contributed by atoms with Crippen molar-refractivity contribution in [3.63, 3.8) is 0 Å². The van der Waals surface area contributed by atoms with Crippen LogP contribution in [-0.4, -0.2) is 56.4 Å². The molecule has 2 aromatic heterocycles. The minimum atomic E-state index is -0.864. The predicted molar refractivity (Wildman–Crippen MR) is 143 cm³/mol. The summed E-state index contributed by atoms with van der Waals surface area (Å²) in [7, 11) is 0. The maximum atomic E-state index is 13.7. The van der Waals surface area contributed by atoms with Gasteiger partial charge in [0.25, 0.3) is 0 Å². The zero-order chi connectivity index (χ0) is 27.6. The fourth-order valence-corrected chi connectivity index (χ4v) is 5.81. The topological polar surface area (TPSA) is 126 Å². The van der Waals surface area contributed by atoms with Gasteiger partial charge in [0.1, 0.15) is 23.5 Å². The van der Waals surface area contributed by atoms with Crippen LogP contribution in [0.4, 0.5) is 0 Å². The van der Waals surface area contributed by atoms with Crippen molar-refractivity contribution in [1.82, 2.24) is 20.4 Å². The lowest BCUT2D eigenvalue weighted by atomic mass is 9.91. The van der Waals surface area contributed by atoms with E-state index in [-0.39, 0.29) is 37.0 Å². The lowest BCUT2D eigenvalue weighted by Gasteiger charge is -2.30. The maximum absolute atomic E-state index is 13.7. The van der Waals surface area contributed by atoms with Crippen molar-refractivity contribution in [1.29, 1.82) is 0 Å². The van der Waals surface area contributed by atoms with Crippen LogP contribution in [0.1, 0.15) is 68.3 Å². The van der Waals surface area contributed by atoms with Gasteiger partial charge in [-0.2, -0.15) is 0 Å². The van der Waals surface area contributed by atoms with Gasteiger partial charge in [-0.1, -0.05) is 43.3 Å². The fourth-order valence-electron chi connectivity index (χ4n) is 5.00. The monoisotopic (exact) mass is 538 g/mol. The highest BCUT2D eigenvalue weighted by Crippen LogP contribution is 2.32. The molecule has 4 atom stereocenters. The summed E-state index contributed by atoms with van der Waals surface area (Å²) in [6.07, 6.45) is -0.596. The smallest absolute Gasteiger partial charge is 0.243 e. The molecular weight excluding hydrogens is 504 g/mol. The Bertz CT molecular complexity index is 1300. The number of likely N-dealkylation sites (tertiary alicyclic amines) is 1. The van der Waals surface area contributed by atoms with Crippen molar-refractivity contribution in [2.24, 2.45) is 5.92 Å². The number of nitrogens with zero attached hydrogens (tertiary/aromatic N) is 3. The van der Waals surface area contributed by atoms with Gasteiger partial charge in [0.2, 0.25) is 11.8 Å². The average Bonchev–Trinajstić information content (AvgIpc) is 3.58. The molecule has 1 aliphatic rings. The number of nitrogens with one attached hydrogen (secondary N) is 1. The molecular formula is C28H34N4O5S. The Kier molecular flexibility index (Phi) is 8.42. The Morgan fingerprint density at radius 3 is 2.47 bits per heavy atom. The molecule has 3 aromatic rings. The van der Waals surface area contributed by atoms with Crippen LogP contribution >= 0.6 is 11.3 Å². The number of benzene rings is 1. The zero-order valence-electron chi connectivity index (χ0n) is 22.3. The normalized spacial score (nSPS) is 19.0. The van der Waals surface area contributed by atoms with E-state index >= 15 is 0 Å². The highest BCUT2D eigenvalue weighted by molar-refractivity contribution is 7.13. The Labute approximate surface area is 226 Å². The summed E-state index contributed by atoms with van der Waals surface area (Å²) >= 11 is 1.56. The number of carbonyl (C=O) groups is 3. The molecule has 38 heavy (non-hydrogen) atoms. The molecule has 2 N–H and O–H groups in total. The molecule has 202 valence electrons. The first-order valence-corrected chi connectivity index (χ1v) is 13.6. The molecule has 3 heterocycles. The fraction of sp³-hybridized carbons (Fsp3) is 0.464. The van der Waals surface area contributed by atoms with Crippen molar-refractivity contribution in [2.45, 2.75) is 71.6 Å². The molecule has 1 saturated heterocycles. The van der Waals surface area contributed by atoms with Crippen molar-refractivity contribution in [3.05, 3.63) is 58.6 Å². The Hall–Kier alpha value is -3.37. The number of rotatable bonds is 9. The quantitative estimate of drug-likeness (QED) is 0.422. The molecule has 10 heteroatoms. The summed E-state index contributed by atoms with van der Waals surface area (Å²) in [5.41, 5.74) is 5.21. The number of aromatic nitrogens is 2. The van der Waals surface area contributed by atoms with Crippen LogP contribution in [0, 0.1) is 19.8 Å². The molecule has 4 rings (SSSR count). The van der Waals surface area contributed by atoms with Gasteiger partial charge < -0.3 is 19.8 Å². The van der Waals surface area contributed by atoms with E-state index in [1.807, 2.05) is 45.0 Å². The van der Waals surface area contributed by atoms with Crippen LogP contribution < -0.4 is 5.32 Å². The number of amides is 2. The van der Waals surface area contributed by atoms with E-state index in [0.29, 0.717) is 11.5 Å². The number of aliphatic hydroxyl groups is 1. The first-order valence-electron chi connectivity index (χ1n) is 12.8. The maximum Gasteiger partial charge on any atom is 0.243 e. The first-order chi connectivity index (χ1) is 18.0. The van der Waals surface area contributed by atoms with Crippen molar-refractivity contribution < 1.29 is 24.0 Å². The molecule has 0 radical (unpaired) electrons. The summed E-state index contributed by atoms with van der Waals surface area (Å²) in [6.45, 7) is 9.08. The average molecular weight is 539 g/mol. The molecule has 1 fully saturated rings. The summed E-state index contributed by atoms with van der Waals surface area (Å²) in [5, 5.41) is 17.3. The number of ketones is 1. The van der Waals surface area contributed by atoms with E-state index in [1.54, 1.807) is 29.8 Å². The number of aliphatic hydroxyl groups excluding tert-OH is 1. The van der Waals surface area contributed by atoms with E-state index in [2.05, 4.69) is 15.5 Å². The largest absolute Gasteiger partial charge is 0.391 e. The molecule has 9 nitrogen and oxygen atoms in total.